The van der Waals surface area contributed by atoms with Gasteiger partial charge in [0.25, 0.3) is 5.91 Å². The minimum absolute atomic E-state index is 0.113. The molecule has 0 radical (unpaired) electrons. The van der Waals surface area contributed by atoms with E-state index in [9.17, 15) is 4.79 Å². The molecule has 0 bridgehead atoms. The fraction of sp³-hybridized carbons (Fsp3) is 0.316. The second-order valence-electron chi connectivity index (χ2n) is 5.76. The van der Waals surface area contributed by atoms with Crippen LogP contribution in [0.1, 0.15) is 35.2 Å². The molecule has 0 aliphatic carbocycles. The van der Waals surface area contributed by atoms with Crippen LogP contribution in [-0.2, 0) is 6.61 Å². The van der Waals surface area contributed by atoms with Gasteiger partial charge in [-0.05, 0) is 49.6 Å². The van der Waals surface area contributed by atoms with Crippen molar-refractivity contribution in [2.24, 2.45) is 0 Å². The lowest BCUT2D eigenvalue weighted by molar-refractivity contribution is 0.0724. The number of rotatable bonds is 4. The molecule has 23 heavy (non-hydrogen) atoms. The van der Waals surface area contributed by atoms with E-state index in [4.69, 9.17) is 16.3 Å². The van der Waals surface area contributed by atoms with Crippen LogP contribution in [0.4, 0.5) is 0 Å². The Balaban J connectivity index is 1.60. The van der Waals surface area contributed by atoms with Crippen molar-refractivity contribution >= 4 is 17.5 Å². The van der Waals surface area contributed by atoms with Gasteiger partial charge in [-0.1, -0.05) is 29.8 Å². The van der Waals surface area contributed by atoms with E-state index in [1.54, 1.807) is 0 Å². The normalized spacial score (nSPS) is 14.6. The molecule has 1 aliphatic rings. The summed E-state index contributed by atoms with van der Waals surface area (Å²) in [5.74, 6) is 0.850. The quantitative estimate of drug-likeness (QED) is 0.823. The van der Waals surface area contributed by atoms with Crippen molar-refractivity contribution in [3.05, 3.63) is 64.7 Å². The molecular weight excluding hydrogens is 310 g/mol. The summed E-state index contributed by atoms with van der Waals surface area (Å²) in [6.07, 6.45) is 3.42. The highest BCUT2D eigenvalue weighted by Gasteiger charge is 2.17. The van der Waals surface area contributed by atoms with Crippen molar-refractivity contribution in [2.45, 2.75) is 25.9 Å². The van der Waals surface area contributed by atoms with Crippen LogP contribution >= 0.6 is 11.6 Å². The topological polar surface area (TPSA) is 29.5 Å². The van der Waals surface area contributed by atoms with Crippen molar-refractivity contribution < 1.29 is 9.53 Å². The van der Waals surface area contributed by atoms with E-state index < -0.39 is 0 Å². The fourth-order valence-electron chi connectivity index (χ4n) is 2.75. The van der Waals surface area contributed by atoms with Crippen molar-refractivity contribution in [1.29, 1.82) is 0 Å². The minimum atomic E-state index is 0.113. The zero-order valence-corrected chi connectivity index (χ0v) is 13.8. The Kier molecular flexibility index (Phi) is 5.19. The van der Waals surface area contributed by atoms with Gasteiger partial charge in [0.05, 0.1) is 0 Å². The number of hydrogen-bond acceptors (Lipinski definition) is 2. The van der Waals surface area contributed by atoms with E-state index >= 15 is 0 Å². The standard InChI is InChI=1S/C19H20ClNO2/c20-18-7-3-2-6-16(18)14-23-17-10-8-15(9-11-17)19(22)21-12-4-1-5-13-21/h2-3,6-11H,1,4-5,12-14H2. The Morgan fingerprint density at radius 1 is 1.00 bits per heavy atom. The van der Waals surface area contributed by atoms with E-state index in [2.05, 4.69) is 0 Å². The Morgan fingerprint density at radius 2 is 1.70 bits per heavy atom. The SMILES string of the molecule is O=C(c1ccc(OCc2ccccc2Cl)cc1)N1CCCCC1. The summed E-state index contributed by atoms with van der Waals surface area (Å²) in [6, 6.07) is 15.0. The van der Waals surface area contributed by atoms with Crippen LogP contribution in [0.3, 0.4) is 0 Å². The maximum atomic E-state index is 12.4. The van der Waals surface area contributed by atoms with Crippen molar-refractivity contribution in [1.82, 2.24) is 4.90 Å². The predicted molar refractivity (Wildman–Crippen MR) is 92.0 cm³/mol. The van der Waals surface area contributed by atoms with Crippen LogP contribution in [0.15, 0.2) is 48.5 Å². The molecule has 2 aromatic rings. The molecule has 1 amide bonds. The third-order valence-electron chi connectivity index (χ3n) is 4.10. The first kappa shape index (κ1) is 15.9. The second kappa shape index (κ2) is 7.51. The highest BCUT2D eigenvalue weighted by molar-refractivity contribution is 6.31. The van der Waals surface area contributed by atoms with Gasteiger partial charge in [-0.25, -0.2) is 0 Å². The molecule has 120 valence electrons. The van der Waals surface area contributed by atoms with E-state index in [1.165, 1.54) is 6.42 Å². The fourth-order valence-corrected chi connectivity index (χ4v) is 2.94. The Labute approximate surface area is 141 Å². The number of halogens is 1. The Hall–Kier alpha value is -2.00. The minimum Gasteiger partial charge on any atom is -0.489 e. The zero-order valence-electron chi connectivity index (χ0n) is 13.0. The van der Waals surface area contributed by atoms with Gasteiger partial charge < -0.3 is 9.64 Å². The van der Waals surface area contributed by atoms with Crippen LogP contribution in [0.5, 0.6) is 5.75 Å². The van der Waals surface area contributed by atoms with Gasteiger partial charge in [-0.3, -0.25) is 4.79 Å². The summed E-state index contributed by atoms with van der Waals surface area (Å²) in [7, 11) is 0. The number of hydrogen-bond donors (Lipinski definition) is 0. The van der Waals surface area contributed by atoms with Crippen LogP contribution in [0.25, 0.3) is 0 Å². The number of carbonyl (C=O) groups is 1. The first-order valence-electron chi connectivity index (χ1n) is 7.99. The third kappa shape index (κ3) is 4.05. The molecule has 1 saturated heterocycles. The molecule has 0 unspecified atom stereocenters. The molecule has 0 N–H and O–H groups in total. The summed E-state index contributed by atoms with van der Waals surface area (Å²) < 4.78 is 5.74. The second-order valence-corrected chi connectivity index (χ2v) is 6.16. The van der Waals surface area contributed by atoms with Crippen LogP contribution in [-0.4, -0.2) is 23.9 Å². The Bertz CT molecular complexity index is 663. The van der Waals surface area contributed by atoms with E-state index in [1.807, 2.05) is 53.4 Å². The molecule has 0 aromatic heterocycles. The Morgan fingerprint density at radius 3 is 2.39 bits per heavy atom. The highest BCUT2D eigenvalue weighted by Crippen LogP contribution is 2.20. The van der Waals surface area contributed by atoms with E-state index in [-0.39, 0.29) is 5.91 Å². The average molecular weight is 330 g/mol. The van der Waals surface area contributed by atoms with Gasteiger partial charge in [0.15, 0.2) is 0 Å². The van der Waals surface area contributed by atoms with Gasteiger partial charge >= 0.3 is 0 Å². The lowest BCUT2D eigenvalue weighted by Gasteiger charge is -2.26. The summed E-state index contributed by atoms with van der Waals surface area (Å²) in [5, 5.41) is 0.699. The molecular formula is C19H20ClNO2. The number of nitrogens with zero attached hydrogens (tertiary/aromatic N) is 1. The molecule has 3 nitrogen and oxygen atoms in total. The van der Waals surface area contributed by atoms with E-state index in [0.29, 0.717) is 11.6 Å². The number of likely N-dealkylation sites (tertiary alicyclic amines) is 1. The molecule has 1 heterocycles. The predicted octanol–water partition coefficient (Wildman–Crippen LogP) is 4.55. The van der Waals surface area contributed by atoms with Crippen LogP contribution in [0.2, 0.25) is 5.02 Å². The van der Waals surface area contributed by atoms with Crippen LogP contribution in [0, 0.1) is 0 Å². The summed E-state index contributed by atoms with van der Waals surface area (Å²) in [5.41, 5.74) is 1.67. The monoisotopic (exact) mass is 329 g/mol. The van der Waals surface area contributed by atoms with Crippen molar-refractivity contribution in [2.75, 3.05) is 13.1 Å². The maximum absolute atomic E-state index is 12.4. The molecule has 3 rings (SSSR count). The van der Waals surface area contributed by atoms with Gasteiger partial charge in [-0.2, -0.15) is 0 Å². The first-order chi connectivity index (χ1) is 11.2. The van der Waals surface area contributed by atoms with Gasteiger partial charge in [0, 0.05) is 29.2 Å². The molecule has 4 heteroatoms. The average Bonchev–Trinajstić information content (AvgIpc) is 2.62. The number of ether oxygens (including phenoxy) is 1. The number of carbonyl (C=O) groups excluding carboxylic acids is 1. The van der Waals surface area contributed by atoms with Gasteiger partial charge in [0.1, 0.15) is 12.4 Å². The lowest BCUT2D eigenvalue weighted by atomic mass is 10.1. The van der Waals surface area contributed by atoms with Crippen molar-refractivity contribution in [3.8, 4) is 5.75 Å². The molecule has 1 aliphatic heterocycles. The third-order valence-corrected chi connectivity index (χ3v) is 4.47. The zero-order chi connectivity index (χ0) is 16.1. The van der Waals surface area contributed by atoms with E-state index in [0.717, 1.165) is 42.8 Å². The molecule has 0 spiro atoms. The molecule has 0 atom stereocenters. The first-order valence-corrected chi connectivity index (χ1v) is 8.37. The molecule has 0 saturated carbocycles. The maximum Gasteiger partial charge on any atom is 0.253 e. The number of piperidine rings is 1. The smallest absolute Gasteiger partial charge is 0.253 e. The van der Waals surface area contributed by atoms with Crippen molar-refractivity contribution in [3.63, 3.8) is 0 Å². The summed E-state index contributed by atoms with van der Waals surface area (Å²) >= 11 is 6.11. The lowest BCUT2D eigenvalue weighted by Crippen LogP contribution is -2.35. The largest absolute Gasteiger partial charge is 0.489 e. The molecule has 1 fully saturated rings. The number of benzene rings is 2. The molecule has 2 aromatic carbocycles. The summed E-state index contributed by atoms with van der Waals surface area (Å²) in [6.45, 7) is 2.15. The summed E-state index contributed by atoms with van der Waals surface area (Å²) in [4.78, 5) is 14.3. The highest BCUT2D eigenvalue weighted by atomic mass is 35.5. The van der Waals surface area contributed by atoms with Crippen LogP contribution < -0.4 is 4.74 Å². The number of amides is 1. The van der Waals surface area contributed by atoms with Gasteiger partial charge in [0.2, 0.25) is 0 Å². The van der Waals surface area contributed by atoms with Gasteiger partial charge in [-0.15, -0.1) is 0 Å².